The van der Waals surface area contributed by atoms with Crippen LogP contribution in [0.4, 0.5) is 0 Å². The summed E-state index contributed by atoms with van der Waals surface area (Å²) >= 11 is 1.53. The highest BCUT2D eigenvalue weighted by Crippen LogP contribution is 2.01. The average molecular weight is 215 g/mol. The molecule has 5 heteroatoms. The Kier molecular flexibility index (Phi) is 6.68. The number of carbonyl (C=O) groups excluding carboxylic acids is 1. The van der Waals surface area contributed by atoms with Gasteiger partial charge in [-0.15, -0.1) is 6.42 Å². The van der Waals surface area contributed by atoms with Crippen molar-refractivity contribution in [3.05, 3.63) is 0 Å². The van der Waals surface area contributed by atoms with Crippen LogP contribution < -0.4 is 5.32 Å². The third-order valence-corrected chi connectivity index (χ3v) is 2.15. The van der Waals surface area contributed by atoms with Crippen molar-refractivity contribution in [3.63, 3.8) is 0 Å². The van der Waals surface area contributed by atoms with Gasteiger partial charge in [0.2, 0.25) is 5.91 Å². The molecule has 1 amide bonds. The second kappa shape index (κ2) is 7.27. The maximum absolute atomic E-state index is 11.0. The van der Waals surface area contributed by atoms with Crippen molar-refractivity contribution in [1.82, 2.24) is 5.32 Å². The standard InChI is InChI=1S/C9H13NO3S/c1-3-4-8(11)10-7(9(12)13)5-6-14-2/h1,7H,4-6H2,2H3,(H,10,11)(H,12,13)/t7-/m0/s1. The number of aliphatic carboxylic acids is 1. The van der Waals surface area contributed by atoms with Crippen LogP contribution in [0.3, 0.4) is 0 Å². The van der Waals surface area contributed by atoms with Crippen LogP contribution in [0.25, 0.3) is 0 Å². The zero-order valence-corrected chi connectivity index (χ0v) is 8.76. The Morgan fingerprint density at radius 1 is 1.64 bits per heavy atom. The molecular formula is C9H13NO3S. The van der Waals surface area contributed by atoms with E-state index in [9.17, 15) is 9.59 Å². The fourth-order valence-corrected chi connectivity index (χ4v) is 1.30. The van der Waals surface area contributed by atoms with Gasteiger partial charge in [-0.1, -0.05) is 5.92 Å². The summed E-state index contributed by atoms with van der Waals surface area (Å²) in [5.41, 5.74) is 0. The summed E-state index contributed by atoms with van der Waals surface area (Å²) < 4.78 is 0. The first kappa shape index (κ1) is 12.8. The van der Waals surface area contributed by atoms with Crippen molar-refractivity contribution in [3.8, 4) is 12.3 Å². The van der Waals surface area contributed by atoms with E-state index in [2.05, 4.69) is 11.2 Å². The molecule has 78 valence electrons. The quantitative estimate of drug-likeness (QED) is 0.627. The fraction of sp³-hybridized carbons (Fsp3) is 0.556. The second-order valence-electron chi connectivity index (χ2n) is 2.62. The predicted octanol–water partition coefficient (Wildman–Crippen LogP) is 0.332. The number of carbonyl (C=O) groups is 2. The lowest BCUT2D eigenvalue weighted by molar-refractivity contribution is -0.141. The van der Waals surface area contributed by atoms with Crippen LogP contribution in [0, 0.1) is 12.3 Å². The third-order valence-electron chi connectivity index (χ3n) is 1.51. The maximum Gasteiger partial charge on any atom is 0.326 e. The van der Waals surface area contributed by atoms with Gasteiger partial charge >= 0.3 is 5.97 Å². The SMILES string of the molecule is C#CCC(=O)N[C@@H](CCSC)C(=O)O. The molecule has 0 heterocycles. The van der Waals surface area contributed by atoms with Gasteiger partial charge in [0.05, 0.1) is 6.42 Å². The molecule has 0 aliphatic heterocycles. The van der Waals surface area contributed by atoms with Crippen LogP contribution in [0.5, 0.6) is 0 Å². The van der Waals surface area contributed by atoms with Crippen molar-refractivity contribution in [2.24, 2.45) is 0 Å². The summed E-state index contributed by atoms with van der Waals surface area (Å²) in [5.74, 6) is 1.41. The van der Waals surface area contributed by atoms with Crippen LogP contribution in [-0.2, 0) is 9.59 Å². The number of rotatable bonds is 6. The van der Waals surface area contributed by atoms with Crippen molar-refractivity contribution < 1.29 is 14.7 Å². The Balaban J connectivity index is 4.03. The van der Waals surface area contributed by atoms with Gasteiger partial charge in [0, 0.05) is 0 Å². The minimum absolute atomic E-state index is 0.0803. The van der Waals surface area contributed by atoms with Crippen molar-refractivity contribution in [1.29, 1.82) is 0 Å². The zero-order chi connectivity index (χ0) is 11.0. The lowest BCUT2D eigenvalue weighted by Crippen LogP contribution is -2.40. The van der Waals surface area contributed by atoms with E-state index in [0.717, 1.165) is 0 Å². The van der Waals surface area contributed by atoms with Gasteiger partial charge in [0.1, 0.15) is 6.04 Å². The van der Waals surface area contributed by atoms with Crippen molar-refractivity contribution in [2.45, 2.75) is 18.9 Å². The second-order valence-corrected chi connectivity index (χ2v) is 3.61. The molecule has 0 bridgehead atoms. The number of nitrogens with one attached hydrogen (secondary N) is 1. The lowest BCUT2D eigenvalue weighted by Gasteiger charge is -2.12. The van der Waals surface area contributed by atoms with E-state index in [0.29, 0.717) is 12.2 Å². The predicted molar refractivity (Wildman–Crippen MR) is 56.0 cm³/mol. The molecule has 0 aromatic carbocycles. The van der Waals surface area contributed by atoms with Gasteiger partial charge in [-0.3, -0.25) is 4.79 Å². The zero-order valence-electron chi connectivity index (χ0n) is 7.95. The van der Waals surface area contributed by atoms with E-state index in [1.54, 1.807) is 0 Å². The molecule has 4 nitrogen and oxygen atoms in total. The Bertz CT molecular complexity index is 247. The Morgan fingerprint density at radius 2 is 2.29 bits per heavy atom. The lowest BCUT2D eigenvalue weighted by atomic mass is 10.2. The van der Waals surface area contributed by atoms with Crippen molar-refractivity contribution >= 4 is 23.6 Å². The number of amides is 1. The summed E-state index contributed by atoms with van der Waals surface area (Å²) in [6.45, 7) is 0. The maximum atomic E-state index is 11.0. The van der Waals surface area contributed by atoms with E-state index in [1.165, 1.54) is 11.8 Å². The minimum Gasteiger partial charge on any atom is -0.480 e. The number of thioether (sulfide) groups is 1. The van der Waals surface area contributed by atoms with E-state index >= 15 is 0 Å². The number of carboxylic acids is 1. The number of hydrogen-bond acceptors (Lipinski definition) is 3. The molecule has 2 N–H and O–H groups in total. The highest BCUT2D eigenvalue weighted by Gasteiger charge is 2.18. The Hall–Kier alpha value is -1.15. The van der Waals surface area contributed by atoms with Crippen LogP contribution >= 0.6 is 11.8 Å². The van der Waals surface area contributed by atoms with E-state index in [1.807, 2.05) is 6.26 Å². The van der Waals surface area contributed by atoms with Crippen LogP contribution in [0.1, 0.15) is 12.8 Å². The van der Waals surface area contributed by atoms with Gasteiger partial charge in [-0.2, -0.15) is 11.8 Å². The number of carboxylic acid groups (broad SMARTS) is 1. The Labute approximate surface area is 87.4 Å². The molecule has 0 aliphatic carbocycles. The number of hydrogen-bond donors (Lipinski definition) is 2. The molecule has 0 fully saturated rings. The highest BCUT2D eigenvalue weighted by atomic mass is 32.2. The normalized spacial score (nSPS) is 11.4. The van der Waals surface area contributed by atoms with Gasteiger partial charge in [0.25, 0.3) is 0 Å². The summed E-state index contributed by atoms with van der Waals surface area (Å²) in [5, 5.41) is 11.1. The van der Waals surface area contributed by atoms with E-state index in [-0.39, 0.29) is 6.42 Å². The molecule has 0 rings (SSSR count). The van der Waals surface area contributed by atoms with Crippen molar-refractivity contribution in [2.75, 3.05) is 12.0 Å². The summed E-state index contributed by atoms with van der Waals surface area (Å²) in [7, 11) is 0. The molecule has 0 radical (unpaired) electrons. The molecule has 0 aromatic rings. The topological polar surface area (TPSA) is 66.4 Å². The van der Waals surface area contributed by atoms with Crippen LogP contribution in [0.15, 0.2) is 0 Å². The molecule has 0 aromatic heterocycles. The van der Waals surface area contributed by atoms with Crippen LogP contribution in [0.2, 0.25) is 0 Å². The first-order chi connectivity index (χ1) is 6.61. The summed E-state index contributed by atoms with van der Waals surface area (Å²) in [6, 6.07) is -0.830. The van der Waals surface area contributed by atoms with Gasteiger partial charge in [-0.25, -0.2) is 4.79 Å². The average Bonchev–Trinajstić information content (AvgIpc) is 2.12. The molecule has 14 heavy (non-hydrogen) atoms. The van der Waals surface area contributed by atoms with Gasteiger partial charge < -0.3 is 10.4 Å². The monoisotopic (exact) mass is 215 g/mol. The molecule has 0 spiro atoms. The first-order valence-electron chi connectivity index (χ1n) is 4.06. The number of terminal acetylenes is 1. The smallest absolute Gasteiger partial charge is 0.326 e. The summed E-state index contributed by atoms with van der Waals surface area (Å²) in [6.07, 6.45) is 7.13. The third kappa shape index (κ3) is 5.49. The van der Waals surface area contributed by atoms with Crippen LogP contribution in [-0.4, -0.2) is 35.0 Å². The fourth-order valence-electron chi connectivity index (χ4n) is 0.831. The molecule has 0 saturated heterocycles. The van der Waals surface area contributed by atoms with E-state index < -0.39 is 17.9 Å². The molecule has 0 aliphatic rings. The molecule has 1 atom stereocenters. The Morgan fingerprint density at radius 3 is 2.71 bits per heavy atom. The first-order valence-corrected chi connectivity index (χ1v) is 5.45. The van der Waals surface area contributed by atoms with Gasteiger partial charge in [0.15, 0.2) is 0 Å². The van der Waals surface area contributed by atoms with Gasteiger partial charge in [-0.05, 0) is 18.4 Å². The molecular weight excluding hydrogens is 202 g/mol. The largest absolute Gasteiger partial charge is 0.480 e. The summed E-state index contributed by atoms with van der Waals surface area (Å²) in [4.78, 5) is 21.7. The molecule has 0 unspecified atom stereocenters. The highest BCUT2D eigenvalue weighted by molar-refractivity contribution is 7.98. The minimum atomic E-state index is -1.02. The van der Waals surface area contributed by atoms with E-state index in [4.69, 9.17) is 11.5 Å². The molecule has 0 saturated carbocycles.